The highest BCUT2D eigenvalue weighted by molar-refractivity contribution is 6.07. The Morgan fingerprint density at radius 2 is 1.80 bits per heavy atom. The fourth-order valence-electron chi connectivity index (χ4n) is 4.18. The number of nitrogens with zero attached hydrogens (tertiary/aromatic N) is 1. The number of hydrogen-bond donors (Lipinski definition) is 1. The Labute approximate surface area is 145 Å². The van der Waals surface area contributed by atoms with Crippen molar-refractivity contribution in [2.75, 3.05) is 6.61 Å². The Kier molecular flexibility index (Phi) is 3.63. The van der Waals surface area contributed by atoms with E-state index < -0.39 is 5.91 Å². The number of carbonyl (C=O) groups excluding carboxylic acids is 3. The number of aryl methyl sites for hydroxylation is 2. The van der Waals surface area contributed by atoms with Gasteiger partial charge in [-0.2, -0.15) is 5.01 Å². The van der Waals surface area contributed by atoms with E-state index in [2.05, 4.69) is 5.43 Å². The molecule has 25 heavy (non-hydrogen) atoms. The second kappa shape index (κ2) is 5.72. The number of ether oxygens (including phenoxy) is 1. The standard InChI is InChI=1S/C19H20N2O4/c1-10-3-4-11(2)14(7-10)25-9-15(22)20-21-18(23)16-12-5-6-13(8-12)17(16)19(21)24/h3-7,12-13,16-17H,8-9H2,1-2H3,(H,20,22)/t12-,13-,16-,17-/m0/s1. The van der Waals surface area contributed by atoms with Gasteiger partial charge in [-0.15, -0.1) is 0 Å². The largest absolute Gasteiger partial charge is 0.483 e. The van der Waals surface area contributed by atoms with Crippen LogP contribution in [0.4, 0.5) is 0 Å². The van der Waals surface area contributed by atoms with Crippen molar-refractivity contribution in [1.29, 1.82) is 0 Å². The lowest BCUT2D eigenvalue weighted by Crippen LogP contribution is -2.48. The summed E-state index contributed by atoms with van der Waals surface area (Å²) in [5.41, 5.74) is 4.37. The summed E-state index contributed by atoms with van der Waals surface area (Å²) in [7, 11) is 0. The molecule has 4 rings (SSSR count). The van der Waals surface area contributed by atoms with Crippen LogP contribution in [0.5, 0.6) is 5.75 Å². The Morgan fingerprint density at radius 1 is 1.16 bits per heavy atom. The van der Waals surface area contributed by atoms with Crippen LogP contribution in [-0.2, 0) is 14.4 Å². The van der Waals surface area contributed by atoms with Crippen LogP contribution in [0.15, 0.2) is 30.4 Å². The quantitative estimate of drug-likeness (QED) is 0.666. The Balaban J connectivity index is 1.39. The second-order valence-electron chi connectivity index (χ2n) is 7.10. The summed E-state index contributed by atoms with van der Waals surface area (Å²) in [6, 6.07) is 5.73. The van der Waals surface area contributed by atoms with Gasteiger partial charge in [0, 0.05) is 0 Å². The molecule has 0 spiro atoms. The number of imide groups is 1. The number of carbonyl (C=O) groups is 3. The van der Waals surface area contributed by atoms with Gasteiger partial charge in [-0.1, -0.05) is 24.3 Å². The van der Waals surface area contributed by atoms with E-state index >= 15 is 0 Å². The number of benzene rings is 1. The molecule has 0 radical (unpaired) electrons. The molecule has 1 saturated heterocycles. The Bertz CT molecular complexity index is 771. The van der Waals surface area contributed by atoms with Crippen molar-refractivity contribution >= 4 is 17.7 Å². The second-order valence-corrected chi connectivity index (χ2v) is 7.10. The first-order valence-electron chi connectivity index (χ1n) is 8.51. The van der Waals surface area contributed by atoms with Crippen molar-refractivity contribution in [3.8, 4) is 5.75 Å². The molecule has 6 nitrogen and oxygen atoms in total. The minimum atomic E-state index is -0.511. The number of allylic oxidation sites excluding steroid dienone is 2. The highest BCUT2D eigenvalue weighted by Gasteiger charge is 2.59. The molecule has 0 aromatic heterocycles. The highest BCUT2D eigenvalue weighted by Crippen LogP contribution is 2.52. The molecular formula is C19H20N2O4. The highest BCUT2D eigenvalue weighted by atomic mass is 16.5. The van der Waals surface area contributed by atoms with Gasteiger partial charge in [-0.3, -0.25) is 19.8 Å². The van der Waals surface area contributed by atoms with Crippen molar-refractivity contribution in [3.05, 3.63) is 41.5 Å². The summed E-state index contributed by atoms with van der Waals surface area (Å²) in [5, 5.41) is 0.899. The summed E-state index contributed by atoms with van der Waals surface area (Å²) in [5.74, 6) is -0.875. The summed E-state index contributed by atoms with van der Waals surface area (Å²) < 4.78 is 5.54. The molecule has 1 aliphatic heterocycles. The summed E-state index contributed by atoms with van der Waals surface area (Å²) >= 11 is 0. The van der Waals surface area contributed by atoms with E-state index in [1.807, 2.05) is 44.2 Å². The first-order valence-corrected chi connectivity index (χ1v) is 8.51. The lowest BCUT2D eigenvalue weighted by Gasteiger charge is -2.18. The molecular weight excluding hydrogens is 320 g/mol. The zero-order chi connectivity index (χ0) is 17.7. The zero-order valence-electron chi connectivity index (χ0n) is 14.2. The van der Waals surface area contributed by atoms with Crippen molar-refractivity contribution in [2.45, 2.75) is 20.3 Å². The number of hydrogen-bond acceptors (Lipinski definition) is 4. The van der Waals surface area contributed by atoms with E-state index in [4.69, 9.17) is 4.74 Å². The predicted molar refractivity (Wildman–Crippen MR) is 89.1 cm³/mol. The first kappa shape index (κ1) is 15.9. The van der Waals surface area contributed by atoms with Crippen LogP contribution in [0.3, 0.4) is 0 Å². The smallest absolute Gasteiger partial charge is 0.276 e. The number of amides is 3. The Hall–Kier alpha value is -2.63. The summed E-state index contributed by atoms with van der Waals surface area (Å²) in [6.07, 6.45) is 4.91. The molecule has 1 heterocycles. The van der Waals surface area contributed by atoms with E-state index in [1.54, 1.807) is 0 Å². The molecule has 1 saturated carbocycles. The molecule has 1 aromatic carbocycles. The fraction of sp³-hybridized carbons (Fsp3) is 0.421. The van der Waals surface area contributed by atoms with E-state index in [9.17, 15) is 14.4 Å². The maximum Gasteiger partial charge on any atom is 0.276 e. The fourth-order valence-corrected chi connectivity index (χ4v) is 4.18. The van der Waals surface area contributed by atoms with Gasteiger partial charge < -0.3 is 4.74 Å². The van der Waals surface area contributed by atoms with Crippen molar-refractivity contribution < 1.29 is 19.1 Å². The van der Waals surface area contributed by atoms with Gasteiger partial charge in [0.1, 0.15) is 5.75 Å². The maximum atomic E-state index is 12.5. The molecule has 3 aliphatic rings. The van der Waals surface area contributed by atoms with Gasteiger partial charge in [0.15, 0.2) is 6.61 Å². The number of nitrogens with one attached hydrogen (secondary N) is 1. The normalized spacial score (nSPS) is 29.3. The molecule has 6 heteroatoms. The third kappa shape index (κ3) is 2.52. The molecule has 130 valence electrons. The summed E-state index contributed by atoms with van der Waals surface area (Å²) in [4.78, 5) is 37.2. The molecule has 2 bridgehead atoms. The molecule has 0 unspecified atom stereocenters. The molecule has 1 aromatic rings. The molecule has 2 fully saturated rings. The van der Waals surface area contributed by atoms with Gasteiger partial charge in [0.2, 0.25) is 0 Å². The van der Waals surface area contributed by atoms with E-state index in [0.29, 0.717) is 5.75 Å². The van der Waals surface area contributed by atoms with Crippen LogP contribution in [0.1, 0.15) is 17.5 Å². The van der Waals surface area contributed by atoms with Crippen LogP contribution in [-0.4, -0.2) is 29.3 Å². The van der Waals surface area contributed by atoms with Crippen LogP contribution >= 0.6 is 0 Å². The molecule has 3 amide bonds. The van der Waals surface area contributed by atoms with Crippen LogP contribution in [0.2, 0.25) is 0 Å². The summed E-state index contributed by atoms with van der Waals surface area (Å²) in [6.45, 7) is 3.58. The lowest BCUT2D eigenvalue weighted by atomic mass is 9.85. The zero-order valence-corrected chi connectivity index (χ0v) is 14.2. The molecule has 2 aliphatic carbocycles. The van der Waals surface area contributed by atoms with Crippen LogP contribution in [0, 0.1) is 37.5 Å². The van der Waals surface area contributed by atoms with Crippen molar-refractivity contribution in [1.82, 2.24) is 10.4 Å². The van der Waals surface area contributed by atoms with E-state index in [-0.39, 0.29) is 42.1 Å². The van der Waals surface area contributed by atoms with Gasteiger partial charge in [0.25, 0.3) is 17.7 Å². The number of rotatable bonds is 4. The molecule has 1 N–H and O–H groups in total. The third-order valence-corrected chi connectivity index (χ3v) is 5.41. The average Bonchev–Trinajstić information content (AvgIpc) is 3.25. The first-order chi connectivity index (χ1) is 12.0. The van der Waals surface area contributed by atoms with Crippen molar-refractivity contribution in [3.63, 3.8) is 0 Å². The van der Waals surface area contributed by atoms with Gasteiger partial charge >= 0.3 is 0 Å². The Morgan fingerprint density at radius 3 is 2.44 bits per heavy atom. The lowest BCUT2D eigenvalue weighted by molar-refractivity contribution is -0.150. The minimum Gasteiger partial charge on any atom is -0.483 e. The number of hydrazine groups is 1. The van der Waals surface area contributed by atoms with Crippen molar-refractivity contribution in [2.24, 2.45) is 23.7 Å². The minimum absolute atomic E-state index is 0.125. The topological polar surface area (TPSA) is 75.7 Å². The maximum absolute atomic E-state index is 12.5. The van der Waals surface area contributed by atoms with Gasteiger partial charge in [-0.05, 0) is 49.3 Å². The van der Waals surface area contributed by atoms with Gasteiger partial charge in [-0.25, -0.2) is 0 Å². The SMILES string of the molecule is Cc1ccc(C)c(OCC(=O)NN2C(=O)[C@@H]3[C@@H](C2=O)[C@H]2C=C[C@H]3C2)c1. The average molecular weight is 340 g/mol. The monoisotopic (exact) mass is 340 g/mol. The predicted octanol–water partition coefficient (Wildman–Crippen LogP) is 1.52. The van der Waals surface area contributed by atoms with Gasteiger partial charge in [0.05, 0.1) is 11.8 Å². The van der Waals surface area contributed by atoms with E-state index in [0.717, 1.165) is 22.6 Å². The van der Waals surface area contributed by atoms with Crippen LogP contribution in [0.25, 0.3) is 0 Å². The van der Waals surface area contributed by atoms with E-state index in [1.165, 1.54) is 0 Å². The third-order valence-electron chi connectivity index (χ3n) is 5.41. The number of fused-ring (bicyclic) bond motifs is 5. The molecule has 4 atom stereocenters. The van der Waals surface area contributed by atoms with Crippen LogP contribution < -0.4 is 10.2 Å².